The third-order valence-electron chi connectivity index (χ3n) is 4.62. The van der Waals surface area contributed by atoms with Gasteiger partial charge in [-0.25, -0.2) is 10.8 Å². The summed E-state index contributed by atoms with van der Waals surface area (Å²) in [6.07, 6.45) is 2.61. The maximum absolute atomic E-state index is 10.5. The average molecular weight is 445 g/mol. The minimum absolute atomic E-state index is 0.0994. The van der Waals surface area contributed by atoms with Gasteiger partial charge in [0.15, 0.2) is 12.1 Å². The van der Waals surface area contributed by atoms with Crippen molar-refractivity contribution in [3.63, 3.8) is 0 Å². The van der Waals surface area contributed by atoms with Crippen molar-refractivity contribution in [3.8, 4) is 0 Å². The molecule has 6 N–H and O–H groups in total. The standard InChI is InChI=1S/C10H18N6.C10H12N2O.CH2O2/c1-7(2)16(12)10(15-11)8-5-4-6-9(13-3)14-8;1-2-12-5-8-3-10(7-13)11-4-9(8)6-12;2-1-3/h4-7H,11-12H2,1-3H3,(H,13,14);3-4,7H,2,5-6H2,1H3;1H,(H,2,3)/b15-10-;;. The highest BCUT2D eigenvalue weighted by atomic mass is 16.3. The summed E-state index contributed by atoms with van der Waals surface area (Å²) in [5.41, 5.74) is 3.69. The lowest BCUT2D eigenvalue weighted by Gasteiger charge is -2.23. The first-order chi connectivity index (χ1) is 15.3. The Labute approximate surface area is 188 Å². The molecule has 0 aliphatic carbocycles. The van der Waals surface area contributed by atoms with Crippen LogP contribution in [0.2, 0.25) is 0 Å². The van der Waals surface area contributed by atoms with E-state index in [1.807, 2.05) is 44.3 Å². The smallest absolute Gasteiger partial charge is 0.290 e. The molecule has 11 heteroatoms. The first kappa shape index (κ1) is 26.5. The molecule has 0 bridgehead atoms. The topological polar surface area (TPSA) is 163 Å². The van der Waals surface area contributed by atoms with Gasteiger partial charge >= 0.3 is 0 Å². The van der Waals surface area contributed by atoms with Gasteiger partial charge in [-0.2, -0.15) is 5.10 Å². The van der Waals surface area contributed by atoms with Crippen molar-refractivity contribution in [3.05, 3.63) is 53.0 Å². The number of aromatic nitrogens is 2. The minimum Gasteiger partial charge on any atom is -0.483 e. The first-order valence-corrected chi connectivity index (χ1v) is 10.0. The summed E-state index contributed by atoms with van der Waals surface area (Å²) in [6.45, 7) is 8.76. The Morgan fingerprint density at radius 2 is 2.00 bits per heavy atom. The zero-order valence-electron chi connectivity index (χ0n) is 18.9. The number of hydrogen-bond donors (Lipinski definition) is 4. The third-order valence-corrected chi connectivity index (χ3v) is 4.62. The molecular weight excluding hydrogens is 412 g/mol. The van der Waals surface area contributed by atoms with Crippen LogP contribution in [0.25, 0.3) is 0 Å². The normalized spacial score (nSPS) is 12.6. The maximum Gasteiger partial charge on any atom is 0.290 e. The number of carbonyl (C=O) groups excluding carboxylic acids is 1. The van der Waals surface area contributed by atoms with Gasteiger partial charge < -0.3 is 16.3 Å². The van der Waals surface area contributed by atoms with Crippen LogP contribution in [0.15, 0.2) is 35.6 Å². The van der Waals surface area contributed by atoms with Crippen LogP contribution in [0.4, 0.5) is 5.82 Å². The van der Waals surface area contributed by atoms with E-state index in [0.717, 1.165) is 31.7 Å². The number of rotatable bonds is 5. The highest BCUT2D eigenvalue weighted by molar-refractivity contribution is 5.96. The molecule has 0 fully saturated rings. The summed E-state index contributed by atoms with van der Waals surface area (Å²) >= 11 is 0. The molecule has 0 atom stereocenters. The van der Waals surface area contributed by atoms with Gasteiger partial charge in [-0.1, -0.05) is 13.0 Å². The fraction of sp³-hybridized carbons (Fsp3) is 0.381. The zero-order valence-corrected chi connectivity index (χ0v) is 18.9. The van der Waals surface area contributed by atoms with Crippen LogP contribution in [0.5, 0.6) is 0 Å². The molecule has 0 amide bonds. The van der Waals surface area contributed by atoms with Crippen molar-refractivity contribution < 1.29 is 14.7 Å². The van der Waals surface area contributed by atoms with E-state index < -0.39 is 0 Å². The number of pyridine rings is 2. The molecule has 0 radical (unpaired) electrons. The van der Waals surface area contributed by atoms with Crippen LogP contribution < -0.4 is 17.0 Å². The van der Waals surface area contributed by atoms with Gasteiger partial charge in [0.05, 0.1) is 0 Å². The molecule has 0 unspecified atom stereocenters. The van der Waals surface area contributed by atoms with E-state index in [4.69, 9.17) is 21.6 Å². The molecule has 2 aromatic rings. The summed E-state index contributed by atoms with van der Waals surface area (Å²) < 4.78 is 0. The number of nitrogens with one attached hydrogen (secondary N) is 1. The molecule has 32 heavy (non-hydrogen) atoms. The quantitative estimate of drug-likeness (QED) is 0.173. The summed E-state index contributed by atoms with van der Waals surface area (Å²) in [5, 5.41) is 15.0. The van der Waals surface area contributed by atoms with Gasteiger partial charge in [0.1, 0.15) is 17.2 Å². The lowest BCUT2D eigenvalue weighted by atomic mass is 10.1. The number of carboxylic acid groups (broad SMARTS) is 1. The van der Waals surface area contributed by atoms with Crippen molar-refractivity contribution in [1.29, 1.82) is 0 Å². The fourth-order valence-electron chi connectivity index (χ4n) is 2.87. The molecule has 174 valence electrons. The second-order valence-electron chi connectivity index (χ2n) is 7.02. The highest BCUT2D eigenvalue weighted by Gasteiger charge is 2.17. The number of hydrazine groups is 1. The number of nitrogens with two attached hydrogens (primary N) is 2. The zero-order chi connectivity index (χ0) is 24.1. The van der Waals surface area contributed by atoms with Crippen LogP contribution in [0.3, 0.4) is 0 Å². The van der Waals surface area contributed by atoms with Gasteiger partial charge in [0, 0.05) is 32.4 Å². The van der Waals surface area contributed by atoms with Crippen molar-refractivity contribution in [1.82, 2.24) is 19.9 Å². The molecule has 2 aromatic heterocycles. The van der Waals surface area contributed by atoms with E-state index in [2.05, 4.69) is 32.2 Å². The molecule has 0 saturated carbocycles. The van der Waals surface area contributed by atoms with Gasteiger partial charge in [-0.05, 0) is 49.7 Å². The van der Waals surface area contributed by atoms with Gasteiger partial charge in [0.25, 0.3) is 6.47 Å². The van der Waals surface area contributed by atoms with E-state index in [1.54, 1.807) is 7.05 Å². The number of hydrazone groups is 1. The second-order valence-corrected chi connectivity index (χ2v) is 7.02. The van der Waals surface area contributed by atoms with E-state index in [9.17, 15) is 4.79 Å². The molecule has 1 aliphatic heterocycles. The van der Waals surface area contributed by atoms with E-state index in [1.165, 1.54) is 16.1 Å². The molecule has 0 spiro atoms. The Hall–Kier alpha value is -3.57. The fourth-order valence-corrected chi connectivity index (χ4v) is 2.87. The SMILES string of the molecule is CCN1Cc2cnc(C=O)cc2C1.CNc1cccc(/C(=N/N)N(N)C(C)C)n1.O=CO. The number of fused-ring (bicyclic) bond motifs is 1. The number of amidine groups is 1. The van der Waals surface area contributed by atoms with E-state index in [0.29, 0.717) is 17.2 Å². The first-order valence-electron chi connectivity index (χ1n) is 10.0. The van der Waals surface area contributed by atoms with Gasteiger partial charge in [0.2, 0.25) is 0 Å². The van der Waals surface area contributed by atoms with Crippen LogP contribution in [-0.2, 0) is 17.9 Å². The molecule has 3 heterocycles. The lowest BCUT2D eigenvalue weighted by Crippen LogP contribution is -2.44. The Bertz CT molecular complexity index is 904. The van der Waals surface area contributed by atoms with Crippen LogP contribution >= 0.6 is 0 Å². The van der Waals surface area contributed by atoms with Crippen LogP contribution in [0, 0.1) is 0 Å². The van der Waals surface area contributed by atoms with Crippen molar-refractivity contribution in [2.45, 2.75) is 39.9 Å². The summed E-state index contributed by atoms with van der Waals surface area (Å²) in [6, 6.07) is 7.52. The van der Waals surface area contributed by atoms with Crippen LogP contribution in [-0.4, -0.2) is 63.2 Å². The molecule has 11 nitrogen and oxygen atoms in total. The van der Waals surface area contributed by atoms with Crippen molar-refractivity contribution in [2.75, 3.05) is 18.9 Å². The minimum atomic E-state index is -0.250. The summed E-state index contributed by atoms with van der Waals surface area (Å²) in [4.78, 5) is 29.5. The Morgan fingerprint density at radius 1 is 1.34 bits per heavy atom. The van der Waals surface area contributed by atoms with Gasteiger partial charge in [-0.15, -0.1) is 0 Å². The molecule has 1 aliphatic rings. The lowest BCUT2D eigenvalue weighted by molar-refractivity contribution is -0.122. The number of aldehydes is 1. The molecular formula is C21H32N8O3. The van der Waals surface area contributed by atoms with Gasteiger partial charge in [-0.3, -0.25) is 24.5 Å². The number of hydrogen-bond acceptors (Lipinski definition) is 9. The van der Waals surface area contributed by atoms with Crippen molar-refractivity contribution in [2.24, 2.45) is 16.8 Å². The second kappa shape index (κ2) is 13.7. The highest BCUT2D eigenvalue weighted by Crippen LogP contribution is 2.21. The maximum atomic E-state index is 10.5. The average Bonchev–Trinajstić information content (AvgIpc) is 3.23. The molecule has 0 aromatic carbocycles. The molecule has 0 saturated heterocycles. The monoisotopic (exact) mass is 444 g/mol. The Kier molecular flexibility index (Phi) is 11.3. The number of carbonyl (C=O) groups is 2. The van der Waals surface area contributed by atoms with E-state index >= 15 is 0 Å². The predicted molar refractivity (Wildman–Crippen MR) is 124 cm³/mol. The number of nitrogens with zero attached hydrogens (tertiary/aromatic N) is 5. The largest absolute Gasteiger partial charge is 0.483 e. The summed E-state index contributed by atoms with van der Waals surface area (Å²) in [5.74, 6) is 12.4. The Balaban J connectivity index is 0.000000289. The number of anilines is 1. The summed E-state index contributed by atoms with van der Waals surface area (Å²) in [7, 11) is 1.80. The van der Waals surface area contributed by atoms with Crippen LogP contribution in [0.1, 0.15) is 48.1 Å². The predicted octanol–water partition coefficient (Wildman–Crippen LogP) is 1.26. The van der Waals surface area contributed by atoms with E-state index in [-0.39, 0.29) is 12.5 Å². The third kappa shape index (κ3) is 7.60. The molecule has 3 rings (SSSR count). The van der Waals surface area contributed by atoms with Crippen molar-refractivity contribution >= 4 is 24.4 Å². The Morgan fingerprint density at radius 3 is 2.53 bits per heavy atom.